The summed E-state index contributed by atoms with van der Waals surface area (Å²) in [6, 6.07) is -0.848. The fourth-order valence-electron chi connectivity index (χ4n) is 2.52. The van der Waals surface area contributed by atoms with Gasteiger partial charge in [0.1, 0.15) is 5.82 Å². The van der Waals surface area contributed by atoms with Gasteiger partial charge in [-0.15, -0.1) is 5.10 Å². The number of nitrogens with two attached hydrogens (primary N) is 1. The quantitative estimate of drug-likeness (QED) is 0.690. The summed E-state index contributed by atoms with van der Waals surface area (Å²) in [5.74, 6) is 1.23. The van der Waals surface area contributed by atoms with E-state index in [-0.39, 0.29) is 0 Å². The number of nitrogens with zero attached hydrogens (tertiary/aromatic N) is 2. The second-order valence-electron chi connectivity index (χ2n) is 5.37. The van der Waals surface area contributed by atoms with Gasteiger partial charge in [-0.3, -0.25) is 15.2 Å². The molecule has 1 heterocycles. The van der Waals surface area contributed by atoms with E-state index in [0.717, 1.165) is 24.6 Å². The maximum Gasteiger partial charge on any atom is 0.318 e. The Morgan fingerprint density at radius 3 is 2.86 bits per heavy atom. The largest absolute Gasteiger partial charge is 0.351 e. The van der Waals surface area contributed by atoms with Crippen molar-refractivity contribution in [3.05, 3.63) is 5.82 Å². The van der Waals surface area contributed by atoms with Crippen molar-refractivity contribution in [1.82, 2.24) is 20.5 Å². The monoisotopic (exact) mass is 311 g/mol. The summed E-state index contributed by atoms with van der Waals surface area (Å²) in [6.45, 7) is 1.68. The van der Waals surface area contributed by atoms with E-state index in [9.17, 15) is 9.59 Å². The highest BCUT2D eigenvalue weighted by Gasteiger charge is 2.19. The standard InChI is InChI=1S/C13H21N5O2S/c1-8(11(19)16-12(14)20)21-13-15-10(17-18-13)7-6-9-4-2-3-5-9/h8-9H,2-7H2,1H3,(H,15,17,18)(H3,14,16,19,20). The van der Waals surface area contributed by atoms with E-state index in [1.165, 1.54) is 37.4 Å². The number of H-pyrrole nitrogens is 1. The Morgan fingerprint density at radius 2 is 2.19 bits per heavy atom. The van der Waals surface area contributed by atoms with Crippen LogP contribution in [0.2, 0.25) is 0 Å². The molecule has 0 bridgehead atoms. The third-order valence-corrected chi connectivity index (χ3v) is 4.63. The molecule has 0 saturated heterocycles. The number of urea groups is 1. The average molecular weight is 311 g/mol. The van der Waals surface area contributed by atoms with Crippen LogP contribution in [-0.2, 0) is 11.2 Å². The lowest BCUT2D eigenvalue weighted by atomic mass is 10.0. The van der Waals surface area contributed by atoms with Crippen LogP contribution in [0.3, 0.4) is 0 Å². The maximum absolute atomic E-state index is 11.6. The molecule has 1 saturated carbocycles. The van der Waals surface area contributed by atoms with Crippen molar-refractivity contribution in [2.45, 2.75) is 55.9 Å². The van der Waals surface area contributed by atoms with Gasteiger partial charge < -0.3 is 5.73 Å². The molecule has 8 heteroatoms. The molecule has 116 valence electrons. The van der Waals surface area contributed by atoms with Gasteiger partial charge in [0, 0.05) is 6.42 Å². The lowest BCUT2D eigenvalue weighted by Crippen LogP contribution is -2.39. The van der Waals surface area contributed by atoms with Crippen molar-refractivity contribution in [1.29, 1.82) is 0 Å². The van der Waals surface area contributed by atoms with Crippen LogP contribution in [0.4, 0.5) is 4.79 Å². The Bertz CT molecular complexity index is 499. The first-order chi connectivity index (χ1) is 10.0. The number of nitrogens with one attached hydrogen (secondary N) is 2. The summed E-state index contributed by atoms with van der Waals surface area (Å²) in [5.41, 5.74) is 4.91. The number of aromatic nitrogens is 3. The molecular weight excluding hydrogens is 290 g/mol. The Labute approximate surface area is 127 Å². The second kappa shape index (κ2) is 7.44. The number of aromatic amines is 1. The molecule has 0 spiro atoms. The van der Waals surface area contributed by atoms with Crippen LogP contribution in [0.5, 0.6) is 0 Å². The molecule has 1 unspecified atom stereocenters. The number of hydrogen-bond donors (Lipinski definition) is 3. The molecular formula is C13H21N5O2S. The first-order valence-electron chi connectivity index (χ1n) is 7.23. The molecule has 7 nitrogen and oxygen atoms in total. The summed E-state index contributed by atoms with van der Waals surface area (Å²) < 4.78 is 0. The summed E-state index contributed by atoms with van der Waals surface area (Å²) in [4.78, 5) is 26.6. The Morgan fingerprint density at radius 1 is 1.48 bits per heavy atom. The van der Waals surface area contributed by atoms with Gasteiger partial charge in [0.25, 0.3) is 0 Å². The van der Waals surface area contributed by atoms with E-state index < -0.39 is 17.2 Å². The van der Waals surface area contributed by atoms with E-state index in [0.29, 0.717) is 5.16 Å². The fourth-order valence-corrected chi connectivity index (χ4v) is 3.26. The highest BCUT2D eigenvalue weighted by atomic mass is 32.2. The minimum Gasteiger partial charge on any atom is -0.351 e. The van der Waals surface area contributed by atoms with Crippen LogP contribution in [0.1, 0.15) is 44.9 Å². The zero-order chi connectivity index (χ0) is 15.2. The smallest absolute Gasteiger partial charge is 0.318 e. The van der Waals surface area contributed by atoms with Crippen molar-refractivity contribution in [3.8, 4) is 0 Å². The normalized spacial score (nSPS) is 16.8. The molecule has 1 atom stereocenters. The molecule has 21 heavy (non-hydrogen) atoms. The number of amides is 3. The molecule has 2 rings (SSSR count). The highest BCUT2D eigenvalue weighted by Crippen LogP contribution is 2.28. The first kappa shape index (κ1) is 15.8. The van der Waals surface area contributed by atoms with Gasteiger partial charge in [-0.1, -0.05) is 37.4 Å². The SMILES string of the molecule is CC(Sc1n[nH]c(CCC2CCCC2)n1)C(=O)NC(N)=O. The molecule has 4 N–H and O–H groups in total. The number of hydrogen-bond acceptors (Lipinski definition) is 5. The summed E-state index contributed by atoms with van der Waals surface area (Å²) >= 11 is 1.20. The first-order valence-corrected chi connectivity index (χ1v) is 8.11. The van der Waals surface area contributed by atoms with Crippen molar-refractivity contribution >= 4 is 23.7 Å². The predicted molar refractivity (Wildman–Crippen MR) is 79.7 cm³/mol. The van der Waals surface area contributed by atoms with E-state index >= 15 is 0 Å². The number of imide groups is 1. The minimum atomic E-state index is -0.848. The van der Waals surface area contributed by atoms with Gasteiger partial charge in [-0.2, -0.15) is 0 Å². The van der Waals surface area contributed by atoms with Crippen molar-refractivity contribution in [3.63, 3.8) is 0 Å². The molecule has 1 aromatic heterocycles. The predicted octanol–water partition coefficient (Wildman–Crippen LogP) is 1.60. The number of thioether (sulfide) groups is 1. The van der Waals surface area contributed by atoms with Gasteiger partial charge in [0.05, 0.1) is 5.25 Å². The third-order valence-electron chi connectivity index (χ3n) is 3.67. The van der Waals surface area contributed by atoms with Gasteiger partial charge in [0.2, 0.25) is 11.1 Å². The van der Waals surface area contributed by atoms with Crippen LogP contribution in [-0.4, -0.2) is 32.4 Å². The average Bonchev–Trinajstić information content (AvgIpc) is 3.06. The zero-order valence-electron chi connectivity index (χ0n) is 12.1. The van der Waals surface area contributed by atoms with Crippen LogP contribution in [0.15, 0.2) is 5.16 Å². The topological polar surface area (TPSA) is 114 Å². The Balaban J connectivity index is 1.79. The highest BCUT2D eigenvalue weighted by molar-refractivity contribution is 8.00. The molecule has 3 amide bonds. The summed E-state index contributed by atoms with van der Waals surface area (Å²) in [7, 11) is 0. The molecule has 0 aliphatic heterocycles. The Kier molecular flexibility index (Phi) is 5.60. The van der Waals surface area contributed by atoms with Crippen molar-refractivity contribution < 1.29 is 9.59 Å². The molecule has 1 aromatic rings. The van der Waals surface area contributed by atoms with E-state index in [1.54, 1.807) is 6.92 Å². The van der Waals surface area contributed by atoms with Gasteiger partial charge in [-0.25, -0.2) is 9.78 Å². The summed E-state index contributed by atoms with van der Waals surface area (Å²) in [6.07, 6.45) is 7.35. The third kappa shape index (κ3) is 5.04. The lowest BCUT2D eigenvalue weighted by molar-refractivity contribution is -0.119. The summed E-state index contributed by atoms with van der Waals surface area (Å²) in [5, 5.41) is 9.09. The van der Waals surface area contributed by atoms with Crippen LogP contribution in [0, 0.1) is 5.92 Å². The molecule has 1 aliphatic rings. The number of primary amides is 1. The maximum atomic E-state index is 11.6. The lowest BCUT2D eigenvalue weighted by Gasteiger charge is -2.07. The molecule has 0 aromatic carbocycles. The molecule has 1 aliphatic carbocycles. The number of carbonyl (C=O) groups is 2. The van der Waals surface area contributed by atoms with E-state index in [4.69, 9.17) is 5.73 Å². The van der Waals surface area contributed by atoms with Gasteiger partial charge in [0.15, 0.2) is 0 Å². The molecule has 1 fully saturated rings. The van der Waals surface area contributed by atoms with Crippen LogP contribution >= 0.6 is 11.8 Å². The van der Waals surface area contributed by atoms with E-state index in [2.05, 4.69) is 15.2 Å². The second-order valence-corrected chi connectivity index (χ2v) is 6.68. The number of aryl methyl sites for hydroxylation is 1. The Hall–Kier alpha value is -1.57. The van der Waals surface area contributed by atoms with Crippen molar-refractivity contribution in [2.75, 3.05) is 0 Å². The van der Waals surface area contributed by atoms with Crippen LogP contribution < -0.4 is 11.1 Å². The van der Waals surface area contributed by atoms with Gasteiger partial charge >= 0.3 is 6.03 Å². The van der Waals surface area contributed by atoms with Crippen LogP contribution in [0.25, 0.3) is 0 Å². The molecule has 0 radical (unpaired) electrons. The fraction of sp³-hybridized carbons (Fsp3) is 0.692. The van der Waals surface area contributed by atoms with Gasteiger partial charge in [-0.05, 0) is 19.3 Å². The zero-order valence-corrected chi connectivity index (χ0v) is 12.9. The van der Waals surface area contributed by atoms with Crippen molar-refractivity contribution in [2.24, 2.45) is 11.7 Å². The minimum absolute atomic E-state index is 0.440. The number of rotatable bonds is 6. The number of carbonyl (C=O) groups excluding carboxylic acids is 2. The van der Waals surface area contributed by atoms with E-state index in [1.807, 2.05) is 5.32 Å².